The van der Waals surface area contributed by atoms with Gasteiger partial charge in [-0.15, -0.1) is 0 Å². The molecule has 3 N–H and O–H groups in total. The van der Waals surface area contributed by atoms with Crippen LogP contribution in [-0.4, -0.2) is 14.7 Å². The minimum absolute atomic E-state index is 0. The Balaban J connectivity index is -0.0000000133. The summed E-state index contributed by atoms with van der Waals surface area (Å²) in [7, 11) is -4.64. The van der Waals surface area contributed by atoms with Crippen LogP contribution in [0.5, 0.6) is 0 Å². The van der Waals surface area contributed by atoms with E-state index in [-0.39, 0.29) is 32.7 Å². The first-order valence-corrected chi connectivity index (χ1v) is 2.35. The summed E-state index contributed by atoms with van der Waals surface area (Å²) in [6.45, 7) is 0. The van der Waals surface area contributed by atoms with Crippen LogP contribution in [0.1, 0.15) is 0 Å². The summed E-state index contributed by atoms with van der Waals surface area (Å²) in [6, 6.07) is 0. The fraction of sp³-hybridized carbons (Fsp3) is 0. The van der Waals surface area contributed by atoms with Gasteiger partial charge in [0.05, 0.1) is 0 Å². The predicted octanol–water partition coefficient (Wildman–Crippen LogP) is -0.474. The molecule has 0 atom stereocenters. The first kappa shape index (κ1) is 34.0. The normalized spacial score (nSPS) is 6.56. The van der Waals surface area contributed by atoms with E-state index in [1.54, 1.807) is 0 Å². The standard InChI is InChI=1S/3FH.H3O4P.V/c;;;1-5(2,3)4;/h3*1H;(H3,1,2,3,4);. The zero-order valence-corrected chi connectivity index (χ0v) is 6.16. The maximum atomic E-state index is 8.88. The van der Waals surface area contributed by atoms with E-state index < -0.39 is 7.82 Å². The van der Waals surface area contributed by atoms with E-state index in [0.717, 1.165) is 0 Å². The van der Waals surface area contributed by atoms with Gasteiger partial charge >= 0.3 is 7.82 Å². The number of hydrogen-bond acceptors (Lipinski definition) is 1. The van der Waals surface area contributed by atoms with Crippen LogP contribution in [0.15, 0.2) is 0 Å². The van der Waals surface area contributed by atoms with E-state index >= 15 is 0 Å². The van der Waals surface area contributed by atoms with Crippen LogP contribution in [0.25, 0.3) is 0 Å². The number of rotatable bonds is 0. The third-order valence-corrected chi connectivity index (χ3v) is 0. The Bertz CT molecular complexity index is 61.9. The number of halogens is 3. The molecule has 0 spiro atoms. The molecule has 4 nitrogen and oxygen atoms in total. The molecule has 1 radical (unpaired) electrons. The van der Waals surface area contributed by atoms with Crippen molar-refractivity contribution in [1.29, 1.82) is 0 Å². The summed E-state index contributed by atoms with van der Waals surface area (Å²) in [6.07, 6.45) is 0. The largest absolute Gasteiger partial charge is 0.466 e. The Morgan fingerprint density at radius 1 is 0.889 bits per heavy atom. The van der Waals surface area contributed by atoms with Crippen LogP contribution in [0.3, 0.4) is 0 Å². The van der Waals surface area contributed by atoms with Gasteiger partial charge in [0.1, 0.15) is 0 Å². The second kappa shape index (κ2) is 11.3. The molecule has 0 fully saturated rings. The molecule has 0 amide bonds. The Morgan fingerprint density at radius 3 is 0.889 bits per heavy atom. The van der Waals surface area contributed by atoms with Gasteiger partial charge in [-0.1, -0.05) is 0 Å². The van der Waals surface area contributed by atoms with Gasteiger partial charge in [0.2, 0.25) is 0 Å². The van der Waals surface area contributed by atoms with Crippen LogP contribution >= 0.6 is 7.82 Å². The average Bonchev–Trinajstić information content (AvgIpc) is 0.722. The monoisotopic (exact) mass is 209 g/mol. The summed E-state index contributed by atoms with van der Waals surface area (Å²) < 4.78 is 8.88. The molecule has 0 saturated carbocycles. The zero-order chi connectivity index (χ0) is 4.50. The van der Waals surface area contributed by atoms with Crippen LogP contribution in [0.2, 0.25) is 0 Å². The SMILES string of the molecule is F.F.F.O=P(O)(O)O.[V]. The van der Waals surface area contributed by atoms with Gasteiger partial charge in [-0.05, 0) is 0 Å². The first-order chi connectivity index (χ1) is 2.00. The van der Waals surface area contributed by atoms with E-state index in [0.29, 0.717) is 0 Å². The second-order valence-electron chi connectivity index (χ2n) is 0.513. The molecule has 0 aliphatic rings. The van der Waals surface area contributed by atoms with Gasteiger partial charge in [0.15, 0.2) is 0 Å². The smallest absolute Gasteiger partial charge is 0.303 e. The minimum atomic E-state index is -4.64. The molecule has 0 aliphatic carbocycles. The maximum absolute atomic E-state index is 8.88. The van der Waals surface area contributed by atoms with Crippen LogP contribution in [0, 0.1) is 0 Å². The van der Waals surface area contributed by atoms with E-state index in [1.807, 2.05) is 0 Å². The van der Waals surface area contributed by atoms with Crippen molar-refractivity contribution >= 4 is 7.82 Å². The van der Waals surface area contributed by atoms with Crippen molar-refractivity contribution in [2.24, 2.45) is 0 Å². The Kier molecular flexibility index (Phi) is 42.6. The fourth-order valence-electron chi connectivity index (χ4n) is 0. The van der Waals surface area contributed by atoms with Crippen LogP contribution in [-0.2, 0) is 23.1 Å². The van der Waals surface area contributed by atoms with Gasteiger partial charge in [-0.3, -0.25) is 14.1 Å². The third-order valence-electron chi connectivity index (χ3n) is 0. The molecule has 0 unspecified atom stereocenters. The molecule has 0 bridgehead atoms. The van der Waals surface area contributed by atoms with Gasteiger partial charge in [-0.25, -0.2) is 4.57 Å². The van der Waals surface area contributed by atoms with E-state index in [4.69, 9.17) is 19.2 Å². The molecular weight excluding hydrogens is 203 g/mol. The molecular formula is H6F3O4PV. The molecule has 9 heteroatoms. The average molecular weight is 209 g/mol. The molecule has 9 heavy (non-hydrogen) atoms. The molecule has 0 rings (SSSR count). The van der Waals surface area contributed by atoms with Crippen molar-refractivity contribution in [2.45, 2.75) is 0 Å². The van der Waals surface area contributed by atoms with E-state index in [1.165, 1.54) is 0 Å². The van der Waals surface area contributed by atoms with Crippen LogP contribution in [0.4, 0.5) is 14.1 Å². The van der Waals surface area contributed by atoms with Crippen molar-refractivity contribution in [3.63, 3.8) is 0 Å². The van der Waals surface area contributed by atoms with Gasteiger partial charge in [0.25, 0.3) is 0 Å². The van der Waals surface area contributed by atoms with Gasteiger partial charge in [0, 0.05) is 18.6 Å². The van der Waals surface area contributed by atoms with Crippen molar-refractivity contribution < 1.29 is 51.9 Å². The number of hydrogen-bond donors (Lipinski definition) is 3. The second-order valence-corrected chi connectivity index (χ2v) is 1.54. The van der Waals surface area contributed by atoms with Crippen molar-refractivity contribution in [1.82, 2.24) is 0 Å². The van der Waals surface area contributed by atoms with E-state index in [9.17, 15) is 0 Å². The first-order valence-electron chi connectivity index (χ1n) is 0.783. The molecule has 0 aromatic heterocycles. The predicted molar refractivity (Wildman–Crippen MR) is 21.8 cm³/mol. The van der Waals surface area contributed by atoms with Crippen molar-refractivity contribution in [3.05, 3.63) is 0 Å². The Hall–Kier alpha value is 0.484. The van der Waals surface area contributed by atoms with Crippen LogP contribution < -0.4 is 0 Å². The Labute approximate surface area is 60.5 Å². The molecule has 0 aliphatic heterocycles. The summed E-state index contributed by atoms with van der Waals surface area (Å²) >= 11 is 0. The molecule has 0 aromatic carbocycles. The maximum Gasteiger partial charge on any atom is 0.466 e. The summed E-state index contributed by atoms with van der Waals surface area (Å²) in [4.78, 5) is 21.6. The van der Waals surface area contributed by atoms with Gasteiger partial charge < -0.3 is 14.7 Å². The van der Waals surface area contributed by atoms with Crippen molar-refractivity contribution in [2.75, 3.05) is 0 Å². The molecule has 0 heterocycles. The topological polar surface area (TPSA) is 77.8 Å². The minimum Gasteiger partial charge on any atom is -0.303 e. The molecule has 0 saturated heterocycles. The van der Waals surface area contributed by atoms with Gasteiger partial charge in [-0.2, -0.15) is 0 Å². The fourth-order valence-corrected chi connectivity index (χ4v) is 0. The Morgan fingerprint density at radius 2 is 0.889 bits per heavy atom. The summed E-state index contributed by atoms with van der Waals surface area (Å²) in [5.41, 5.74) is 0. The number of phosphoric acid groups is 1. The zero-order valence-electron chi connectivity index (χ0n) is 3.87. The summed E-state index contributed by atoms with van der Waals surface area (Å²) in [5.74, 6) is 0. The molecule has 0 aromatic rings. The quantitative estimate of drug-likeness (QED) is 0.471. The van der Waals surface area contributed by atoms with E-state index in [2.05, 4.69) is 0 Å². The molecule has 61 valence electrons. The third kappa shape index (κ3) is 1520. The summed E-state index contributed by atoms with van der Waals surface area (Å²) in [5, 5.41) is 0. The van der Waals surface area contributed by atoms with Crippen molar-refractivity contribution in [3.8, 4) is 0 Å².